The second kappa shape index (κ2) is 4.49. The zero-order valence-electron chi connectivity index (χ0n) is 9.01. The number of carbonyl (C=O) groups is 1. The summed E-state index contributed by atoms with van der Waals surface area (Å²) in [6.07, 6.45) is 0.454. The lowest BCUT2D eigenvalue weighted by Gasteiger charge is -2.18. The third-order valence-corrected chi connectivity index (χ3v) is 4.75. The van der Waals surface area contributed by atoms with Crippen LogP contribution in [-0.2, 0) is 14.8 Å². The van der Waals surface area contributed by atoms with Crippen molar-refractivity contribution in [1.29, 1.82) is 0 Å². The van der Waals surface area contributed by atoms with Gasteiger partial charge in [-0.25, -0.2) is 12.7 Å². The molecule has 0 saturated carbocycles. The summed E-state index contributed by atoms with van der Waals surface area (Å²) >= 11 is 0. The van der Waals surface area contributed by atoms with Crippen LogP contribution in [0.15, 0.2) is 0 Å². The summed E-state index contributed by atoms with van der Waals surface area (Å²) < 4.78 is 24.5. The van der Waals surface area contributed by atoms with Crippen molar-refractivity contribution < 1.29 is 18.3 Å². The van der Waals surface area contributed by atoms with E-state index in [-0.39, 0.29) is 18.2 Å². The number of aliphatic carboxylic acids is 1. The highest BCUT2D eigenvalue weighted by molar-refractivity contribution is 7.89. The van der Waals surface area contributed by atoms with Crippen LogP contribution in [0.5, 0.6) is 0 Å². The first-order valence-corrected chi connectivity index (χ1v) is 6.68. The minimum Gasteiger partial charge on any atom is -0.481 e. The molecule has 0 aromatic carbocycles. The Kier molecular flexibility index (Phi) is 3.72. The van der Waals surface area contributed by atoms with Crippen LogP contribution in [0.1, 0.15) is 20.3 Å². The molecule has 0 amide bonds. The van der Waals surface area contributed by atoms with Gasteiger partial charge in [0.15, 0.2) is 0 Å². The van der Waals surface area contributed by atoms with Crippen LogP contribution >= 0.6 is 0 Å². The van der Waals surface area contributed by atoms with E-state index < -0.39 is 21.9 Å². The minimum absolute atomic E-state index is 0.0984. The third-order valence-electron chi connectivity index (χ3n) is 2.67. The third kappa shape index (κ3) is 2.92. The molecule has 88 valence electrons. The van der Waals surface area contributed by atoms with Gasteiger partial charge in [-0.3, -0.25) is 4.79 Å². The Morgan fingerprint density at radius 3 is 2.53 bits per heavy atom. The van der Waals surface area contributed by atoms with Crippen LogP contribution in [0.4, 0.5) is 0 Å². The SMILES string of the molecule is CCC(CN1CC(C)CS1(=O)=O)C(=O)O. The summed E-state index contributed by atoms with van der Waals surface area (Å²) in [4.78, 5) is 10.8. The average molecular weight is 235 g/mol. The van der Waals surface area contributed by atoms with Crippen molar-refractivity contribution >= 4 is 16.0 Å². The van der Waals surface area contributed by atoms with Gasteiger partial charge in [-0.1, -0.05) is 13.8 Å². The number of carboxylic acid groups (broad SMARTS) is 1. The summed E-state index contributed by atoms with van der Waals surface area (Å²) in [7, 11) is -3.20. The van der Waals surface area contributed by atoms with Crippen molar-refractivity contribution in [2.75, 3.05) is 18.8 Å². The molecule has 0 aromatic heterocycles. The molecule has 0 aromatic rings. The van der Waals surface area contributed by atoms with E-state index in [4.69, 9.17) is 5.11 Å². The molecule has 0 bridgehead atoms. The van der Waals surface area contributed by atoms with Gasteiger partial charge in [0.2, 0.25) is 10.0 Å². The highest BCUT2D eigenvalue weighted by Crippen LogP contribution is 2.21. The molecule has 15 heavy (non-hydrogen) atoms. The number of carboxylic acids is 1. The first-order chi connectivity index (χ1) is 6.86. The van der Waals surface area contributed by atoms with Crippen molar-refractivity contribution in [3.63, 3.8) is 0 Å². The van der Waals surface area contributed by atoms with Gasteiger partial charge in [0.1, 0.15) is 0 Å². The molecule has 1 saturated heterocycles. The molecule has 6 heteroatoms. The van der Waals surface area contributed by atoms with Crippen molar-refractivity contribution in [2.24, 2.45) is 11.8 Å². The number of hydrogen-bond donors (Lipinski definition) is 1. The maximum Gasteiger partial charge on any atom is 0.307 e. The Labute approximate surface area is 90.1 Å². The quantitative estimate of drug-likeness (QED) is 0.764. The molecule has 0 spiro atoms. The van der Waals surface area contributed by atoms with Gasteiger partial charge in [-0.2, -0.15) is 0 Å². The fraction of sp³-hybridized carbons (Fsp3) is 0.889. The normalized spacial score (nSPS) is 27.7. The zero-order chi connectivity index (χ0) is 11.6. The van der Waals surface area contributed by atoms with E-state index in [2.05, 4.69) is 0 Å². The predicted molar refractivity (Wildman–Crippen MR) is 55.9 cm³/mol. The van der Waals surface area contributed by atoms with Gasteiger partial charge in [-0.15, -0.1) is 0 Å². The highest BCUT2D eigenvalue weighted by Gasteiger charge is 2.35. The first kappa shape index (κ1) is 12.4. The lowest BCUT2D eigenvalue weighted by Crippen LogP contribution is -2.34. The lowest BCUT2D eigenvalue weighted by molar-refractivity contribution is -0.142. The van der Waals surface area contributed by atoms with Crippen LogP contribution in [-0.4, -0.2) is 42.6 Å². The molecule has 1 heterocycles. The smallest absolute Gasteiger partial charge is 0.307 e. The number of nitrogens with zero attached hydrogens (tertiary/aromatic N) is 1. The van der Waals surface area contributed by atoms with Crippen LogP contribution in [0.25, 0.3) is 0 Å². The van der Waals surface area contributed by atoms with Gasteiger partial charge in [0, 0.05) is 13.1 Å². The van der Waals surface area contributed by atoms with E-state index in [1.165, 1.54) is 4.31 Å². The Hall–Kier alpha value is -0.620. The Balaban J connectivity index is 2.70. The predicted octanol–water partition coefficient (Wildman–Crippen LogP) is 0.379. The topological polar surface area (TPSA) is 74.7 Å². The Morgan fingerprint density at radius 2 is 2.20 bits per heavy atom. The molecule has 1 fully saturated rings. The molecule has 1 aliphatic heterocycles. The average Bonchev–Trinajstić information content (AvgIpc) is 2.34. The van der Waals surface area contributed by atoms with Gasteiger partial charge in [0.25, 0.3) is 0 Å². The summed E-state index contributed by atoms with van der Waals surface area (Å²) in [6.45, 7) is 4.18. The molecular weight excluding hydrogens is 218 g/mol. The molecule has 5 nitrogen and oxygen atoms in total. The maximum atomic E-state index is 11.6. The van der Waals surface area contributed by atoms with Crippen LogP contribution in [0.2, 0.25) is 0 Å². The maximum absolute atomic E-state index is 11.6. The van der Waals surface area contributed by atoms with Crippen molar-refractivity contribution in [1.82, 2.24) is 4.31 Å². The van der Waals surface area contributed by atoms with Gasteiger partial charge in [0.05, 0.1) is 11.7 Å². The van der Waals surface area contributed by atoms with Crippen LogP contribution < -0.4 is 0 Å². The fourth-order valence-corrected chi connectivity index (χ4v) is 3.72. The molecule has 2 unspecified atom stereocenters. The van der Waals surface area contributed by atoms with Crippen LogP contribution in [0.3, 0.4) is 0 Å². The largest absolute Gasteiger partial charge is 0.481 e. The summed E-state index contributed by atoms with van der Waals surface area (Å²) in [5, 5.41) is 8.85. The van der Waals surface area contributed by atoms with Gasteiger partial charge < -0.3 is 5.11 Å². The standard InChI is InChI=1S/C9H17NO4S/c1-3-8(9(11)12)5-10-4-7(2)6-15(10,13)14/h7-8H,3-6H2,1-2H3,(H,11,12). The highest BCUT2D eigenvalue weighted by atomic mass is 32.2. The van der Waals surface area contributed by atoms with E-state index >= 15 is 0 Å². The van der Waals surface area contributed by atoms with Crippen LogP contribution in [0, 0.1) is 11.8 Å². The fourth-order valence-electron chi connectivity index (χ4n) is 1.79. The van der Waals surface area contributed by atoms with E-state index in [0.29, 0.717) is 13.0 Å². The Morgan fingerprint density at radius 1 is 1.60 bits per heavy atom. The second-order valence-corrected chi connectivity index (χ2v) is 6.16. The summed E-state index contributed by atoms with van der Waals surface area (Å²) in [5.74, 6) is -1.28. The van der Waals surface area contributed by atoms with Crippen molar-refractivity contribution in [2.45, 2.75) is 20.3 Å². The van der Waals surface area contributed by atoms with Gasteiger partial charge >= 0.3 is 5.97 Å². The monoisotopic (exact) mass is 235 g/mol. The first-order valence-electron chi connectivity index (χ1n) is 5.07. The summed E-state index contributed by atoms with van der Waals surface area (Å²) in [5.41, 5.74) is 0. The molecular formula is C9H17NO4S. The Bertz CT molecular complexity index is 338. The molecule has 0 radical (unpaired) electrons. The second-order valence-electron chi connectivity index (χ2n) is 4.14. The van der Waals surface area contributed by atoms with Crippen molar-refractivity contribution in [3.8, 4) is 0 Å². The molecule has 2 atom stereocenters. The van der Waals surface area contributed by atoms with E-state index in [0.717, 1.165) is 0 Å². The minimum atomic E-state index is -3.20. The van der Waals surface area contributed by atoms with E-state index in [1.807, 2.05) is 6.92 Å². The van der Waals surface area contributed by atoms with E-state index in [9.17, 15) is 13.2 Å². The molecule has 0 aliphatic carbocycles. The number of hydrogen-bond acceptors (Lipinski definition) is 3. The van der Waals surface area contributed by atoms with Gasteiger partial charge in [-0.05, 0) is 12.3 Å². The molecule has 1 aliphatic rings. The molecule has 1 rings (SSSR count). The van der Waals surface area contributed by atoms with E-state index in [1.54, 1.807) is 6.92 Å². The lowest BCUT2D eigenvalue weighted by atomic mass is 10.1. The number of sulfonamides is 1. The molecule has 1 N–H and O–H groups in total. The zero-order valence-corrected chi connectivity index (χ0v) is 9.83. The van der Waals surface area contributed by atoms with Crippen molar-refractivity contribution in [3.05, 3.63) is 0 Å². The number of rotatable bonds is 4. The summed E-state index contributed by atoms with van der Waals surface area (Å²) in [6, 6.07) is 0.